The van der Waals surface area contributed by atoms with Gasteiger partial charge in [0.1, 0.15) is 0 Å². The molecule has 3 nitrogen and oxygen atoms in total. The molecule has 0 spiro atoms. The topological polar surface area (TPSA) is 46.2 Å². The Morgan fingerprint density at radius 1 is 1.38 bits per heavy atom. The molecule has 0 aliphatic heterocycles. The quantitative estimate of drug-likeness (QED) is 0.786. The van der Waals surface area contributed by atoms with Gasteiger partial charge >= 0.3 is 0 Å². The van der Waals surface area contributed by atoms with Gasteiger partial charge in [-0.1, -0.05) is 36.8 Å². The summed E-state index contributed by atoms with van der Waals surface area (Å²) in [6, 6.07) is 7.81. The van der Waals surface area contributed by atoms with Crippen LogP contribution in [0, 0.1) is 6.92 Å². The molecule has 1 aromatic rings. The summed E-state index contributed by atoms with van der Waals surface area (Å²) in [6.45, 7) is 5.78. The van der Waals surface area contributed by atoms with Gasteiger partial charge in [0, 0.05) is 0 Å². The Morgan fingerprint density at radius 3 is 2.38 bits per heavy atom. The van der Waals surface area contributed by atoms with Crippen LogP contribution in [-0.2, 0) is 15.0 Å². The summed E-state index contributed by atoms with van der Waals surface area (Å²) in [6.07, 6.45) is 1.08. The van der Waals surface area contributed by atoms with Gasteiger partial charge in [0.2, 0.25) is 12.3 Å². The molecule has 0 fully saturated rings. The molecule has 86 valence electrons. The molecule has 0 heterocycles. The van der Waals surface area contributed by atoms with E-state index in [1.807, 2.05) is 45.0 Å². The molecule has 1 rings (SSSR count). The van der Waals surface area contributed by atoms with Crippen LogP contribution >= 0.6 is 0 Å². The number of carbonyl (C=O) groups is 2. The monoisotopic (exact) mass is 219 g/mol. The summed E-state index contributed by atoms with van der Waals surface area (Å²) in [5, 5.41) is 2.23. The molecule has 1 atom stereocenters. The molecule has 16 heavy (non-hydrogen) atoms. The molecule has 3 heteroatoms. The first-order valence-electron chi connectivity index (χ1n) is 5.36. The van der Waals surface area contributed by atoms with E-state index in [9.17, 15) is 9.59 Å². The Morgan fingerprint density at radius 2 is 1.94 bits per heavy atom. The van der Waals surface area contributed by atoms with E-state index in [1.165, 1.54) is 0 Å². The van der Waals surface area contributed by atoms with Gasteiger partial charge in [-0.25, -0.2) is 0 Å². The lowest BCUT2D eigenvalue weighted by Gasteiger charge is -2.26. The van der Waals surface area contributed by atoms with E-state index in [-0.39, 0.29) is 5.91 Å². The first kappa shape index (κ1) is 12.4. The molecule has 1 aromatic carbocycles. The predicted molar refractivity (Wildman–Crippen MR) is 63.0 cm³/mol. The second-order valence-electron chi connectivity index (χ2n) is 4.14. The molecule has 1 N–H and O–H groups in total. The van der Waals surface area contributed by atoms with Gasteiger partial charge in [-0.3, -0.25) is 14.9 Å². The fourth-order valence-corrected chi connectivity index (χ4v) is 1.63. The highest BCUT2D eigenvalue weighted by molar-refractivity contribution is 5.94. The lowest BCUT2D eigenvalue weighted by atomic mass is 9.79. The predicted octanol–water partition coefficient (Wildman–Crippen LogP) is 1.94. The van der Waals surface area contributed by atoms with Crippen molar-refractivity contribution in [1.82, 2.24) is 5.32 Å². The van der Waals surface area contributed by atoms with Crippen LogP contribution in [0.5, 0.6) is 0 Å². The van der Waals surface area contributed by atoms with Crippen LogP contribution in [0.4, 0.5) is 0 Å². The maximum absolute atomic E-state index is 11.8. The number of amides is 2. The fourth-order valence-electron chi connectivity index (χ4n) is 1.63. The van der Waals surface area contributed by atoms with Crippen LogP contribution in [0.3, 0.4) is 0 Å². The summed E-state index contributed by atoms with van der Waals surface area (Å²) in [4.78, 5) is 22.2. The second kappa shape index (κ2) is 4.92. The van der Waals surface area contributed by atoms with Crippen molar-refractivity contribution >= 4 is 12.3 Å². The molecule has 2 amide bonds. The van der Waals surface area contributed by atoms with E-state index in [1.54, 1.807) is 0 Å². The van der Waals surface area contributed by atoms with Crippen molar-refractivity contribution in [3.05, 3.63) is 35.4 Å². The van der Waals surface area contributed by atoms with E-state index in [4.69, 9.17) is 0 Å². The van der Waals surface area contributed by atoms with E-state index >= 15 is 0 Å². The minimum Gasteiger partial charge on any atom is -0.298 e. The first-order valence-corrected chi connectivity index (χ1v) is 5.36. The number of nitrogens with one attached hydrogen (secondary N) is 1. The highest BCUT2D eigenvalue weighted by Crippen LogP contribution is 2.27. The number of hydrogen-bond donors (Lipinski definition) is 1. The van der Waals surface area contributed by atoms with Crippen molar-refractivity contribution < 1.29 is 9.59 Å². The van der Waals surface area contributed by atoms with Crippen LogP contribution < -0.4 is 5.32 Å². The Labute approximate surface area is 95.9 Å². The summed E-state index contributed by atoms with van der Waals surface area (Å²) >= 11 is 0. The van der Waals surface area contributed by atoms with Crippen LogP contribution in [0.1, 0.15) is 31.4 Å². The summed E-state index contributed by atoms with van der Waals surface area (Å²) in [5.74, 6) is -0.256. The zero-order valence-corrected chi connectivity index (χ0v) is 9.91. The largest absolute Gasteiger partial charge is 0.298 e. The fraction of sp³-hybridized carbons (Fsp3) is 0.385. The zero-order chi connectivity index (χ0) is 12.2. The zero-order valence-electron chi connectivity index (χ0n) is 9.91. The number of hydrogen-bond acceptors (Lipinski definition) is 2. The normalized spacial score (nSPS) is 13.9. The molecule has 0 aromatic heterocycles. The van der Waals surface area contributed by atoms with Gasteiger partial charge in [-0.2, -0.15) is 0 Å². The lowest BCUT2D eigenvalue weighted by Crippen LogP contribution is -2.41. The number of imide groups is 1. The van der Waals surface area contributed by atoms with Crippen molar-refractivity contribution in [3.63, 3.8) is 0 Å². The Balaban J connectivity index is 3.08. The lowest BCUT2D eigenvalue weighted by molar-refractivity contribution is -0.129. The number of rotatable bonds is 4. The van der Waals surface area contributed by atoms with E-state index < -0.39 is 5.41 Å². The van der Waals surface area contributed by atoms with Gasteiger partial charge < -0.3 is 0 Å². The first-order chi connectivity index (χ1) is 7.54. The third kappa shape index (κ3) is 2.30. The van der Waals surface area contributed by atoms with Gasteiger partial charge in [0.25, 0.3) is 0 Å². The SMILES string of the molecule is CCC(C)(C(=O)NC=O)c1ccc(C)cc1. The Hall–Kier alpha value is -1.64. The summed E-state index contributed by atoms with van der Waals surface area (Å²) in [7, 11) is 0. The number of aryl methyl sites for hydroxylation is 1. The maximum Gasteiger partial charge on any atom is 0.236 e. The summed E-state index contributed by atoms with van der Waals surface area (Å²) in [5.41, 5.74) is 1.44. The van der Waals surface area contributed by atoms with Crippen LogP contribution in [0.15, 0.2) is 24.3 Å². The van der Waals surface area contributed by atoms with Crippen molar-refractivity contribution in [3.8, 4) is 0 Å². The molecule has 0 radical (unpaired) electrons. The minimum absolute atomic E-state index is 0.256. The van der Waals surface area contributed by atoms with Crippen LogP contribution in [-0.4, -0.2) is 12.3 Å². The van der Waals surface area contributed by atoms with Crippen molar-refractivity contribution in [2.45, 2.75) is 32.6 Å². The maximum atomic E-state index is 11.8. The Kier molecular flexibility index (Phi) is 3.82. The molecule has 0 saturated heterocycles. The molecule has 0 aliphatic rings. The molecular formula is C13H17NO2. The Bertz CT molecular complexity index is 383. The molecule has 0 aliphatic carbocycles. The average Bonchev–Trinajstić information content (AvgIpc) is 2.29. The van der Waals surface area contributed by atoms with Gasteiger partial charge in [0.15, 0.2) is 0 Å². The molecular weight excluding hydrogens is 202 g/mol. The highest BCUT2D eigenvalue weighted by Gasteiger charge is 2.32. The number of benzene rings is 1. The van der Waals surface area contributed by atoms with Crippen molar-refractivity contribution in [1.29, 1.82) is 0 Å². The van der Waals surface area contributed by atoms with Gasteiger partial charge in [-0.15, -0.1) is 0 Å². The highest BCUT2D eigenvalue weighted by atomic mass is 16.2. The van der Waals surface area contributed by atoms with Crippen molar-refractivity contribution in [2.75, 3.05) is 0 Å². The molecule has 0 bridgehead atoms. The van der Waals surface area contributed by atoms with E-state index in [2.05, 4.69) is 5.32 Å². The van der Waals surface area contributed by atoms with Crippen LogP contribution in [0.25, 0.3) is 0 Å². The van der Waals surface area contributed by atoms with E-state index in [0.29, 0.717) is 12.8 Å². The average molecular weight is 219 g/mol. The van der Waals surface area contributed by atoms with Gasteiger partial charge in [0.05, 0.1) is 5.41 Å². The smallest absolute Gasteiger partial charge is 0.236 e. The number of carbonyl (C=O) groups excluding carboxylic acids is 2. The minimum atomic E-state index is -0.644. The van der Waals surface area contributed by atoms with Crippen LogP contribution in [0.2, 0.25) is 0 Å². The third-order valence-corrected chi connectivity index (χ3v) is 3.09. The summed E-state index contributed by atoms with van der Waals surface area (Å²) < 4.78 is 0. The molecule has 0 saturated carbocycles. The van der Waals surface area contributed by atoms with E-state index in [0.717, 1.165) is 11.1 Å². The standard InChI is InChI=1S/C13H17NO2/c1-4-13(3,12(16)14-9-15)11-7-5-10(2)6-8-11/h5-9H,4H2,1-3H3,(H,14,15,16). The third-order valence-electron chi connectivity index (χ3n) is 3.09. The van der Waals surface area contributed by atoms with Gasteiger partial charge in [-0.05, 0) is 25.8 Å². The van der Waals surface area contributed by atoms with Crippen molar-refractivity contribution in [2.24, 2.45) is 0 Å². The second-order valence-corrected chi connectivity index (χ2v) is 4.14. The molecule has 1 unspecified atom stereocenters.